The summed E-state index contributed by atoms with van der Waals surface area (Å²) in [6.45, 7) is 2.19. The predicted octanol–water partition coefficient (Wildman–Crippen LogP) is 4.77. The maximum Gasteiger partial charge on any atom is 0.227 e. The van der Waals surface area contributed by atoms with Gasteiger partial charge in [-0.2, -0.15) is 0 Å². The van der Waals surface area contributed by atoms with Gasteiger partial charge in [-0.1, -0.05) is 42.5 Å². The van der Waals surface area contributed by atoms with Crippen molar-refractivity contribution in [1.29, 1.82) is 0 Å². The average molecular weight is 426 g/mol. The Morgan fingerprint density at radius 1 is 0.938 bits per heavy atom. The van der Waals surface area contributed by atoms with E-state index >= 15 is 0 Å². The number of H-pyrrole nitrogens is 1. The van der Waals surface area contributed by atoms with Gasteiger partial charge < -0.3 is 20.5 Å². The normalized spacial score (nSPS) is 13.8. The van der Waals surface area contributed by atoms with Crippen LogP contribution in [0.15, 0.2) is 72.8 Å². The molecule has 1 aliphatic rings. The van der Waals surface area contributed by atoms with Crippen LogP contribution in [0.3, 0.4) is 0 Å². The summed E-state index contributed by atoms with van der Waals surface area (Å²) in [7, 11) is 0. The summed E-state index contributed by atoms with van der Waals surface area (Å²) in [6.07, 6.45) is 2.52. The Morgan fingerprint density at radius 2 is 1.75 bits per heavy atom. The Balaban J connectivity index is 1.14. The number of aromatic nitrogens is 2. The highest BCUT2D eigenvalue weighted by molar-refractivity contribution is 5.94. The van der Waals surface area contributed by atoms with E-state index in [9.17, 15) is 4.79 Å². The molecular formula is C26H27N5O. The van der Waals surface area contributed by atoms with E-state index in [0.29, 0.717) is 13.0 Å². The number of imidazole rings is 1. The number of nitrogens with zero attached hydrogens (tertiary/aromatic N) is 2. The molecule has 162 valence electrons. The standard InChI is InChI=1S/C26H27N5O/c32-25-11-5-7-20-6-1-4-10-24(20)31(25)17-16-27-18-19-12-14-21(15-13-19)28-26-29-22-8-2-3-9-23(22)30-26/h1-4,6,8-10,12-15,27H,5,7,11,16-18H2,(H2,28,29,30). The van der Waals surface area contributed by atoms with Crippen molar-refractivity contribution in [2.45, 2.75) is 25.8 Å². The molecule has 5 rings (SSSR count). The smallest absolute Gasteiger partial charge is 0.227 e. The number of benzene rings is 3. The minimum Gasteiger partial charge on any atom is -0.326 e. The minimum atomic E-state index is 0.220. The number of fused-ring (bicyclic) bond motifs is 2. The third-order valence-electron chi connectivity index (χ3n) is 5.87. The fourth-order valence-corrected chi connectivity index (χ4v) is 4.21. The van der Waals surface area contributed by atoms with E-state index in [4.69, 9.17) is 0 Å². The van der Waals surface area contributed by atoms with Crippen molar-refractivity contribution in [1.82, 2.24) is 15.3 Å². The molecule has 3 aromatic carbocycles. The zero-order chi connectivity index (χ0) is 21.8. The van der Waals surface area contributed by atoms with E-state index in [-0.39, 0.29) is 5.91 Å². The summed E-state index contributed by atoms with van der Waals surface area (Å²) in [5.41, 5.74) is 6.48. The largest absolute Gasteiger partial charge is 0.326 e. The number of para-hydroxylation sites is 3. The summed E-state index contributed by atoms with van der Waals surface area (Å²) in [6, 6.07) is 24.6. The molecule has 1 amide bonds. The molecule has 0 aliphatic carbocycles. The van der Waals surface area contributed by atoms with Gasteiger partial charge in [0, 0.05) is 37.4 Å². The van der Waals surface area contributed by atoms with Crippen molar-refractivity contribution in [3.63, 3.8) is 0 Å². The lowest BCUT2D eigenvalue weighted by Crippen LogP contribution is -2.36. The van der Waals surface area contributed by atoms with E-state index in [0.717, 1.165) is 54.3 Å². The first-order valence-electron chi connectivity index (χ1n) is 11.2. The molecule has 32 heavy (non-hydrogen) atoms. The highest BCUT2D eigenvalue weighted by atomic mass is 16.2. The number of amides is 1. The minimum absolute atomic E-state index is 0.220. The van der Waals surface area contributed by atoms with Crippen molar-refractivity contribution in [2.24, 2.45) is 0 Å². The monoisotopic (exact) mass is 425 g/mol. The number of hydrogen-bond acceptors (Lipinski definition) is 4. The second kappa shape index (κ2) is 9.24. The Labute approximate surface area is 187 Å². The van der Waals surface area contributed by atoms with E-state index < -0.39 is 0 Å². The maximum atomic E-state index is 12.6. The summed E-state index contributed by atoms with van der Waals surface area (Å²) in [4.78, 5) is 22.3. The summed E-state index contributed by atoms with van der Waals surface area (Å²) < 4.78 is 0. The zero-order valence-electron chi connectivity index (χ0n) is 18.0. The first-order valence-corrected chi connectivity index (χ1v) is 11.2. The lowest BCUT2D eigenvalue weighted by molar-refractivity contribution is -0.118. The van der Waals surface area contributed by atoms with Gasteiger partial charge in [-0.15, -0.1) is 0 Å². The number of aryl methyl sites for hydroxylation is 1. The van der Waals surface area contributed by atoms with Gasteiger partial charge in [-0.3, -0.25) is 4.79 Å². The molecule has 0 atom stereocenters. The molecule has 0 spiro atoms. The molecule has 2 heterocycles. The van der Waals surface area contributed by atoms with Crippen molar-refractivity contribution in [2.75, 3.05) is 23.3 Å². The number of nitrogens with one attached hydrogen (secondary N) is 3. The van der Waals surface area contributed by atoms with Crippen molar-refractivity contribution in [3.05, 3.63) is 83.9 Å². The van der Waals surface area contributed by atoms with Gasteiger partial charge in [0.1, 0.15) is 0 Å². The Bertz CT molecular complexity index is 1180. The first kappa shape index (κ1) is 20.3. The maximum absolute atomic E-state index is 12.6. The van der Waals surface area contributed by atoms with Crippen LogP contribution in [0.1, 0.15) is 24.0 Å². The average Bonchev–Trinajstić information content (AvgIpc) is 3.15. The number of carbonyl (C=O) groups is 1. The lowest BCUT2D eigenvalue weighted by Gasteiger charge is -2.23. The van der Waals surface area contributed by atoms with Crippen LogP contribution in [0.2, 0.25) is 0 Å². The van der Waals surface area contributed by atoms with Gasteiger partial charge in [0.15, 0.2) is 0 Å². The molecule has 4 aromatic rings. The molecule has 1 aromatic heterocycles. The Morgan fingerprint density at radius 3 is 2.62 bits per heavy atom. The van der Waals surface area contributed by atoms with Crippen LogP contribution in [0.25, 0.3) is 11.0 Å². The van der Waals surface area contributed by atoms with E-state index in [1.807, 2.05) is 35.2 Å². The third kappa shape index (κ3) is 4.50. The molecule has 0 fully saturated rings. The lowest BCUT2D eigenvalue weighted by atomic mass is 10.1. The summed E-state index contributed by atoms with van der Waals surface area (Å²) >= 11 is 0. The van der Waals surface area contributed by atoms with Gasteiger partial charge in [0.2, 0.25) is 11.9 Å². The van der Waals surface area contributed by atoms with Gasteiger partial charge in [-0.25, -0.2) is 4.98 Å². The highest BCUT2D eigenvalue weighted by Crippen LogP contribution is 2.26. The molecule has 6 heteroatoms. The second-order valence-electron chi connectivity index (χ2n) is 8.13. The van der Waals surface area contributed by atoms with Crippen LogP contribution in [0.5, 0.6) is 0 Å². The Kier molecular flexibility index (Phi) is 5.85. The molecule has 0 saturated heterocycles. The van der Waals surface area contributed by atoms with Crippen molar-refractivity contribution >= 4 is 34.3 Å². The van der Waals surface area contributed by atoms with Crippen molar-refractivity contribution in [3.8, 4) is 0 Å². The molecular weight excluding hydrogens is 398 g/mol. The number of anilines is 3. The van der Waals surface area contributed by atoms with Crippen LogP contribution < -0.4 is 15.5 Å². The van der Waals surface area contributed by atoms with Gasteiger partial charge in [0.05, 0.1) is 11.0 Å². The molecule has 0 saturated carbocycles. The van der Waals surface area contributed by atoms with E-state index in [1.165, 1.54) is 11.1 Å². The van der Waals surface area contributed by atoms with Crippen molar-refractivity contribution < 1.29 is 4.79 Å². The van der Waals surface area contributed by atoms with E-state index in [2.05, 4.69) is 63.1 Å². The van der Waals surface area contributed by atoms with Gasteiger partial charge >= 0.3 is 0 Å². The highest BCUT2D eigenvalue weighted by Gasteiger charge is 2.21. The molecule has 0 bridgehead atoms. The van der Waals surface area contributed by atoms with Crippen LogP contribution in [-0.2, 0) is 17.8 Å². The number of aromatic amines is 1. The van der Waals surface area contributed by atoms with E-state index in [1.54, 1.807) is 0 Å². The number of hydrogen-bond donors (Lipinski definition) is 3. The molecule has 6 nitrogen and oxygen atoms in total. The first-order chi connectivity index (χ1) is 15.8. The number of rotatable bonds is 7. The van der Waals surface area contributed by atoms with Crippen LogP contribution in [0, 0.1) is 0 Å². The van der Waals surface area contributed by atoms with Crippen LogP contribution in [0.4, 0.5) is 17.3 Å². The quantitative estimate of drug-likeness (QED) is 0.373. The third-order valence-corrected chi connectivity index (χ3v) is 5.87. The zero-order valence-corrected chi connectivity index (χ0v) is 18.0. The van der Waals surface area contributed by atoms with Crippen LogP contribution in [-0.4, -0.2) is 29.0 Å². The molecule has 3 N–H and O–H groups in total. The van der Waals surface area contributed by atoms with Gasteiger partial charge in [0.25, 0.3) is 0 Å². The fraction of sp³-hybridized carbons (Fsp3) is 0.231. The molecule has 1 aliphatic heterocycles. The summed E-state index contributed by atoms with van der Waals surface area (Å²) in [5, 5.41) is 6.79. The predicted molar refractivity (Wildman–Crippen MR) is 129 cm³/mol. The molecule has 0 radical (unpaired) electrons. The second-order valence-corrected chi connectivity index (χ2v) is 8.13. The van der Waals surface area contributed by atoms with Crippen LogP contribution >= 0.6 is 0 Å². The SMILES string of the molecule is O=C1CCCc2ccccc2N1CCNCc1ccc(Nc2nc3ccccc3[nH]2)cc1. The molecule has 0 unspecified atom stereocenters. The summed E-state index contributed by atoms with van der Waals surface area (Å²) in [5.74, 6) is 0.956. The Hall–Kier alpha value is -3.64. The number of carbonyl (C=O) groups excluding carboxylic acids is 1. The fourth-order valence-electron chi connectivity index (χ4n) is 4.21. The topological polar surface area (TPSA) is 73.1 Å². The van der Waals surface area contributed by atoms with Gasteiger partial charge in [-0.05, 0) is 54.3 Å².